The van der Waals surface area contributed by atoms with E-state index in [0.717, 1.165) is 46.8 Å². The van der Waals surface area contributed by atoms with Gasteiger partial charge in [0.1, 0.15) is 11.1 Å². The van der Waals surface area contributed by atoms with Gasteiger partial charge in [0.15, 0.2) is 0 Å². The van der Waals surface area contributed by atoms with E-state index in [2.05, 4.69) is 21.2 Å². The van der Waals surface area contributed by atoms with E-state index in [4.69, 9.17) is 11.6 Å². The van der Waals surface area contributed by atoms with Crippen LogP contribution >= 0.6 is 22.9 Å². The Morgan fingerprint density at radius 1 is 1.27 bits per heavy atom. The Labute approximate surface area is 184 Å². The maximum absolute atomic E-state index is 12.2. The molecule has 1 aliphatic rings. The zero-order valence-electron chi connectivity index (χ0n) is 16.8. The maximum atomic E-state index is 12.2. The summed E-state index contributed by atoms with van der Waals surface area (Å²) < 4.78 is 2.13. The van der Waals surface area contributed by atoms with Crippen LogP contribution in [-0.2, 0) is 12.8 Å². The van der Waals surface area contributed by atoms with Gasteiger partial charge >= 0.3 is 0 Å². The molecule has 152 valence electrons. The minimum absolute atomic E-state index is 0.297. The van der Waals surface area contributed by atoms with Crippen molar-refractivity contribution in [3.63, 3.8) is 0 Å². The average molecular weight is 437 g/mol. The highest BCUT2D eigenvalue weighted by molar-refractivity contribution is 7.15. The molecule has 0 saturated carbocycles. The lowest BCUT2D eigenvalue weighted by Crippen LogP contribution is -2.17. The summed E-state index contributed by atoms with van der Waals surface area (Å²) in [5.41, 5.74) is 8.00. The zero-order chi connectivity index (χ0) is 21.3. The SMILES string of the molecule is Cc1cc(/C=N/NC(=O)c2ccc(Cl)cc2)c(C)n1-c1sc2c(c1C#N)CCCC2. The lowest BCUT2D eigenvalue weighted by molar-refractivity contribution is 0.0955. The predicted molar refractivity (Wildman–Crippen MR) is 121 cm³/mol. The van der Waals surface area contributed by atoms with Gasteiger partial charge in [-0.1, -0.05) is 11.6 Å². The number of hydrogen-bond donors (Lipinski definition) is 1. The van der Waals surface area contributed by atoms with Crippen LogP contribution in [0.4, 0.5) is 0 Å². The smallest absolute Gasteiger partial charge is 0.271 e. The van der Waals surface area contributed by atoms with Crippen LogP contribution < -0.4 is 5.43 Å². The number of carbonyl (C=O) groups is 1. The van der Waals surface area contributed by atoms with Crippen molar-refractivity contribution in [3.8, 4) is 11.1 Å². The standard InChI is InChI=1S/C23H21ClN4OS/c1-14-11-17(13-26-27-22(29)16-7-9-18(24)10-8-16)15(2)28(14)23-20(12-25)19-5-3-4-6-21(19)30-23/h7-11,13H,3-6H2,1-2H3,(H,27,29)/b26-13+. The number of hydrogen-bond acceptors (Lipinski definition) is 4. The molecule has 1 amide bonds. The number of fused-ring (bicyclic) bond motifs is 1. The lowest BCUT2D eigenvalue weighted by Gasteiger charge is -2.10. The lowest BCUT2D eigenvalue weighted by atomic mass is 9.96. The van der Waals surface area contributed by atoms with Gasteiger partial charge in [0.05, 0.1) is 11.8 Å². The Balaban J connectivity index is 1.59. The third-order valence-corrected chi connectivity index (χ3v) is 6.94. The van der Waals surface area contributed by atoms with Gasteiger partial charge in [0.2, 0.25) is 0 Å². The van der Waals surface area contributed by atoms with Crippen molar-refractivity contribution >= 4 is 35.1 Å². The number of aromatic nitrogens is 1. The van der Waals surface area contributed by atoms with Crippen LogP contribution in [-0.4, -0.2) is 16.7 Å². The van der Waals surface area contributed by atoms with Crippen LogP contribution in [0, 0.1) is 25.2 Å². The van der Waals surface area contributed by atoms with Crippen LogP contribution in [0.15, 0.2) is 35.4 Å². The van der Waals surface area contributed by atoms with Crippen LogP contribution in [0.5, 0.6) is 0 Å². The van der Waals surface area contributed by atoms with Gasteiger partial charge in [0.25, 0.3) is 5.91 Å². The Morgan fingerprint density at radius 2 is 2.00 bits per heavy atom. The fourth-order valence-electron chi connectivity index (χ4n) is 3.88. The van der Waals surface area contributed by atoms with Gasteiger partial charge in [0, 0.05) is 32.4 Å². The number of carbonyl (C=O) groups excluding carboxylic acids is 1. The third-order valence-electron chi connectivity index (χ3n) is 5.41. The second-order valence-corrected chi connectivity index (χ2v) is 8.89. The van der Waals surface area contributed by atoms with E-state index < -0.39 is 0 Å². The molecule has 0 aliphatic heterocycles. The Kier molecular flexibility index (Phi) is 5.76. The van der Waals surface area contributed by atoms with Gasteiger partial charge in [-0.2, -0.15) is 10.4 Å². The molecule has 3 aromatic rings. The fourth-order valence-corrected chi connectivity index (χ4v) is 5.46. The molecule has 0 unspecified atom stereocenters. The molecule has 7 heteroatoms. The third kappa shape index (κ3) is 3.79. The summed E-state index contributed by atoms with van der Waals surface area (Å²) in [7, 11) is 0. The summed E-state index contributed by atoms with van der Waals surface area (Å²) in [5.74, 6) is -0.297. The second-order valence-electron chi connectivity index (χ2n) is 7.37. The number of aryl methyl sites for hydroxylation is 2. The molecule has 5 nitrogen and oxygen atoms in total. The quantitative estimate of drug-likeness (QED) is 0.444. The van der Waals surface area contributed by atoms with E-state index >= 15 is 0 Å². The Bertz CT molecular complexity index is 1180. The van der Waals surface area contributed by atoms with Crippen molar-refractivity contribution in [2.75, 3.05) is 0 Å². The summed E-state index contributed by atoms with van der Waals surface area (Å²) in [4.78, 5) is 13.6. The number of hydrazone groups is 1. The first-order valence-electron chi connectivity index (χ1n) is 9.82. The molecule has 30 heavy (non-hydrogen) atoms. The molecule has 1 N–H and O–H groups in total. The highest BCUT2D eigenvalue weighted by atomic mass is 35.5. The Morgan fingerprint density at radius 3 is 2.73 bits per heavy atom. The van der Waals surface area contributed by atoms with Crippen molar-refractivity contribution in [1.82, 2.24) is 9.99 Å². The molecule has 1 aliphatic carbocycles. The van der Waals surface area contributed by atoms with E-state index in [0.29, 0.717) is 10.6 Å². The van der Waals surface area contributed by atoms with Crippen molar-refractivity contribution in [3.05, 3.63) is 73.9 Å². The van der Waals surface area contributed by atoms with Crippen molar-refractivity contribution in [1.29, 1.82) is 5.26 Å². The molecule has 0 fully saturated rings. The molecule has 0 atom stereocenters. The number of rotatable bonds is 4. The van der Waals surface area contributed by atoms with Gasteiger partial charge in [-0.15, -0.1) is 11.3 Å². The second kappa shape index (κ2) is 8.47. The first kappa shape index (κ1) is 20.4. The molecule has 0 radical (unpaired) electrons. The Hall–Kier alpha value is -2.88. The average Bonchev–Trinajstić information content (AvgIpc) is 3.24. The highest BCUT2D eigenvalue weighted by Crippen LogP contribution is 2.38. The molecular weight excluding hydrogens is 416 g/mol. The van der Waals surface area contributed by atoms with Crippen molar-refractivity contribution < 1.29 is 4.79 Å². The van der Waals surface area contributed by atoms with E-state index in [-0.39, 0.29) is 5.91 Å². The summed E-state index contributed by atoms with van der Waals surface area (Å²) in [6.45, 7) is 4.03. The topological polar surface area (TPSA) is 70.2 Å². The monoisotopic (exact) mass is 436 g/mol. The molecule has 0 spiro atoms. The molecule has 4 rings (SSSR count). The molecule has 2 aromatic heterocycles. The van der Waals surface area contributed by atoms with Crippen LogP contribution in [0.2, 0.25) is 5.02 Å². The summed E-state index contributed by atoms with van der Waals surface area (Å²) >= 11 is 7.58. The maximum Gasteiger partial charge on any atom is 0.271 e. The van der Waals surface area contributed by atoms with Gasteiger partial charge in [-0.05, 0) is 75.4 Å². The number of halogens is 1. The minimum Gasteiger partial charge on any atom is -0.308 e. The minimum atomic E-state index is -0.297. The normalized spacial score (nSPS) is 13.3. The van der Waals surface area contributed by atoms with Gasteiger partial charge in [-0.3, -0.25) is 4.79 Å². The molecular formula is C23H21ClN4OS. The van der Waals surface area contributed by atoms with E-state index in [1.54, 1.807) is 41.8 Å². The van der Waals surface area contributed by atoms with Crippen molar-refractivity contribution in [2.45, 2.75) is 39.5 Å². The molecule has 0 bridgehead atoms. The van der Waals surface area contributed by atoms with E-state index in [1.807, 2.05) is 19.9 Å². The van der Waals surface area contributed by atoms with Crippen LogP contribution in [0.25, 0.3) is 5.00 Å². The highest BCUT2D eigenvalue weighted by Gasteiger charge is 2.23. The van der Waals surface area contributed by atoms with E-state index in [9.17, 15) is 10.1 Å². The first-order chi connectivity index (χ1) is 14.5. The first-order valence-corrected chi connectivity index (χ1v) is 11.0. The largest absolute Gasteiger partial charge is 0.308 e. The molecule has 1 aromatic carbocycles. The number of nitrogens with zero attached hydrogens (tertiary/aromatic N) is 3. The number of nitriles is 1. The van der Waals surface area contributed by atoms with E-state index in [1.165, 1.54) is 16.9 Å². The molecule has 0 saturated heterocycles. The number of amides is 1. The summed E-state index contributed by atoms with van der Waals surface area (Å²) in [5, 5.41) is 15.5. The van der Waals surface area contributed by atoms with Crippen LogP contribution in [0.3, 0.4) is 0 Å². The molecule has 2 heterocycles. The van der Waals surface area contributed by atoms with Gasteiger partial charge < -0.3 is 4.57 Å². The van der Waals surface area contributed by atoms with Crippen molar-refractivity contribution in [2.24, 2.45) is 5.10 Å². The summed E-state index contributed by atoms with van der Waals surface area (Å²) in [6.07, 6.45) is 6.02. The summed E-state index contributed by atoms with van der Waals surface area (Å²) in [6, 6.07) is 11.1. The number of nitrogens with one attached hydrogen (secondary N) is 1. The van der Waals surface area contributed by atoms with Crippen LogP contribution in [0.1, 0.15) is 56.2 Å². The van der Waals surface area contributed by atoms with Gasteiger partial charge in [-0.25, -0.2) is 5.43 Å². The predicted octanol–water partition coefficient (Wildman–Crippen LogP) is 5.32. The number of benzene rings is 1. The number of thiophene rings is 1. The zero-order valence-corrected chi connectivity index (χ0v) is 18.4. The fraction of sp³-hybridized carbons (Fsp3) is 0.261.